The summed E-state index contributed by atoms with van der Waals surface area (Å²) >= 11 is 0. The molecule has 0 atom stereocenters. The molecule has 0 fully saturated rings. The molecule has 0 radical (unpaired) electrons. The SMILES string of the molecule is C=CC1=C(/C=C\C)Oc2ccccc2O1. The van der Waals surface area contributed by atoms with Crippen molar-refractivity contribution in [2.24, 2.45) is 0 Å². The molecule has 0 spiro atoms. The Labute approximate surface area is 89.1 Å². The van der Waals surface area contributed by atoms with E-state index in [1.54, 1.807) is 6.08 Å². The Kier molecular flexibility index (Phi) is 2.59. The lowest BCUT2D eigenvalue weighted by Gasteiger charge is -2.20. The number of hydrogen-bond acceptors (Lipinski definition) is 2. The molecule has 15 heavy (non-hydrogen) atoms. The van der Waals surface area contributed by atoms with Gasteiger partial charge in [-0.05, 0) is 31.2 Å². The highest BCUT2D eigenvalue weighted by atomic mass is 16.6. The Morgan fingerprint density at radius 3 is 2.20 bits per heavy atom. The molecular weight excluding hydrogens is 188 g/mol. The van der Waals surface area contributed by atoms with Gasteiger partial charge in [0.25, 0.3) is 0 Å². The van der Waals surface area contributed by atoms with Crippen molar-refractivity contribution in [2.45, 2.75) is 6.92 Å². The van der Waals surface area contributed by atoms with Crippen molar-refractivity contribution >= 4 is 0 Å². The first-order valence-electron chi connectivity index (χ1n) is 4.79. The Balaban J connectivity index is 2.41. The van der Waals surface area contributed by atoms with Gasteiger partial charge < -0.3 is 9.47 Å². The largest absolute Gasteiger partial charge is 0.450 e. The third-order valence-electron chi connectivity index (χ3n) is 2.04. The van der Waals surface area contributed by atoms with E-state index < -0.39 is 0 Å². The number of fused-ring (bicyclic) bond motifs is 1. The zero-order valence-corrected chi connectivity index (χ0v) is 8.57. The van der Waals surface area contributed by atoms with Crippen molar-refractivity contribution in [2.75, 3.05) is 0 Å². The Morgan fingerprint density at radius 1 is 1.07 bits per heavy atom. The Bertz CT molecular complexity index is 442. The van der Waals surface area contributed by atoms with Crippen LogP contribution >= 0.6 is 0 Å². The lowest BCUT2D eigenvalue weighted by atomic mass is 10.2. The van der Waals surface area contributed by atoms with Gasteiger partial charge in [-0.25, -0.2) is 0 Å². The summed E-state index contributed by atoms with van der Waals surface area (Å²) in [7, 11) is 0. The van der Waals surface area contributed by atoms with Gasteiger partial charge >= 0.3 is 0 Å². The normalized spacial score (nSPS) is 14.5. The quantitative estimate of drug-likeness (QED) is 0.728. The summed E-state index contributed by atoms with van der Waals surface area (Å²) in [5, 5.41) is 0. The van der Waals surface area contributed by atoms with Crippen molar-refractivity contribution in [1.29, 1.82) is 0 Å². The maximum Gasteiger partial charge on any atom is 0.170 e. The molecule has 0 saturated carbocycles. The second-order valence-corrected chi connectivity index (χ2v) is 3.08. The molecular formula is C13H12O2. The maximum absolute atomic E-state index is 5.67. The topological polar surface area (TPSA) is 18.5 Å². The number of allylic oxidation sites excluding steroid dienone is 3. The number of ether oxygens (including phenoxy) is 2. The molecule has 0 aliphatic carbocycles. The van der Waals surface area contributed by atoms with E-state index in [1.165, 1.54) is 0 Å². The molecule has 0 saturated heterocycles. The lowest BCUT2D eigenvalue weighted by molar-refractivity contribution is 0.316. The molecule has 0 N–H and O–H groups in total. The summed E-state index contributed by atoms with van der Waals surface area (Å²) in [6.07, 6.45) is 5.40. The van der Waals surface area contributed by atoms with Crippen LogP contribution in [0.15, 0.2) is 60.6 Å². The van der Waals surface area contributed by atoms with Crippen molar-refractivity contribution in [1.82, 2.24) is 0 Å². The molecule has 0 aromatic heterocycles. The minimum absolute atomic E-state index is 0.645. The molecule has 0 unspecified atom stereocenters. The third kappa shape index (κ3) is 1.79. The van der Waals surface area contributed by atoms with Gasteiger partial charge in [0.15, 0.2) is 23.0 Å². The van der Waals surface area contributed by atoms with E-state index in [9.17, 15) is 0 Å². The molecule has 0 bridgehead atoms. The number of hydrogen-bond donors (Lipinski definition) is 0. The van der Waals surface area contributed by atoms with Gasteiger partial charge in [-0.1, -0.05) is 24.8 Å². The lowest BCUT2D eigenvalue weighted by Crippen LogP contribution is -2.08. The molecule has 76 valence electrons. The number of para-hydroxylation sites is 2. The molecule has 2 nitrogen and oxygen atoms in total. The molecule has 0 amide bonds. The van der Waals surface area contributed by atoms with E-state index in [0.29, 0.717) is 11.5 Å². The third-order valence-corrected chi connectivity index (χ3v) is 2.04. The maximum atomic E-state index is 5.67. The zero-order chi connectivity index (χ0) is 10.7. The predicted molar refractivity (Wildman–Crippen MR) is 59.7 cm³/mol. The van der Waals surface area contributed by atoms with Crippen LogP contribution in [0.5, 0.6) is 11.5 Å². The average Bonchev–Trinajstić information content (AvgIpc) is 2.28. The second-order valence-electron chi connectivity index (χ2n) is 3.08. The van der Waals surface area contributed by atoms with Crippen LogP contribution in [0.1, 0.15) is 6.92 Å². The Morgan fingerprint density at radius 2 is 1.67 bits per heavy atom. The van der Waals surface area contributed by atoms with Crippen molar-refractivity contribution < 1.29 is 9.47 Å². The van der Waals surface area contributed by atoms with E-state index in [4.69, 9.17) is 9.47 Å². The van der Waals surface area contributed by atoms with Crippen molar-refractivity contribution in [3.8, 4) is 11.5 Å². The summed E-state index contributed by atoms with van der Waals surface area (Å²) in [6.45, 7) is 5.62. The van der Waals surface area contributed by atoms with Crippen LogP contribution in [-0.2, 0) is 0 Å². The van der Waals surface area contributed by atoms with E-state index >= 15 is 0 Å². The van der Waals surface area contributed by atoms with E-state index in [0.717, 1.165) is 11.5 Å². The van der Waals surface area contributed by atoms with Crippen molar-refractivity contribution in [3.63, 3.8) is 0 Å². The highest BCUT2D eigenvalue weighted by Crippen LogP contribution is 2.35. The summed E-state index contributed by atoms with van der Waals surface area (Å²) < 4.78 is 11.3. The van der Waals surface area contributed by atoms with E-state index in [-0.39, 0.29) is 0 Å². The standard InChI is InChI=1S/C13H12O2/c1-3-7-11-10(4-2)14-12-8-5-6-9-13(12)15-11/h3-9H,2H2,1H3/b7-3-. The van der Waals surface area contributed by atoms with Crippen LogP contribution in [0.2, 0.25) is 0 Å². The summed E-state index contributed by atoms with van der Waals surface area (Å²) in [4.78, 5) is 0. The highest BCUT2D eigenvalue weighted by molar-refractivity contribution is 5.47. The molecule has 1 aromatic rings. The fourth-order valence-corrected chi connectivity index (χ4v) is 1.37. The Hall–Kier alpha value is -1.96. The first kappa shape index (κ1) is 9.59. The first-order valence-corrected chi connectivity index (χ1v) is 4.79. The fraction of sp³-hybridized carbons (Fsp3) is 0.0769. The van der Waals surface area contributed by atoms with Crippen LogP contribution in [0.4, 0.5) is 0 Å². The summed E-state index contributed by atoms with van der Waals surface area (Å²) in [6, 6.07) is 7.56. The van der Waals surface area contributed by atoms with Gasteiger partial charge in [-0.3, -0.25) is 0 Å². The highest BCUT2D eigenvalue weighted by Gasteiger charge is 2.16. The van der Waals surface area contributed by atoms with Crippen LogP contribution in [0.25, 0.3) is 0 Å². The van der Waals surface area contributed by atoms with Gasteiger partial charge in [0.2, 0.25) is 0 Å². The van der Waals surface area contributed by atoms with Gasteiger partial charge in [0.05, 0.1) is 0 Å². The molecule has 1 aromatic carbocycles. The molecule has 2 rings (SSSR count). The smallest absolute Gasteiger partial charge is 0.170 e. The molecule has 1 aliphatic rings. The van der Waals surface area contributed by atoms with E-state index in [1.807, 2.05) is 43.3 Å². The second kappa shape index (κ2) is 4.05. The van der Waals surface area contributed by atoms with E-state index in [2.05, 4.69) is 6.58 Å². The van der Waals surface area contributed by atoms with Crippen molar-refractivity contribution in [3.05, 3.63) is 60.6 Å². The minimum Gasteiger partial charge on any atom is -0.450 e. The van der Waals surface area contributed by atoms with Gasteiger partial charge in [-0.15, -0.1) is 0 Å². The van der Waals surface area contributed by atoms with Crippen LogP contribution < -0.4 is 9.47 Å². The summed E-state index contributed by atoms with van der Waals surface area (Å²) in [5.74, 6) is 2.79. The molecule has 1 heterocycles. The molecule has 1 aliphatic heterocycles. The summed E-state index contributed by atoms with van der Waals surface area (Å²) in [5.41, 5.74) is 0. The van der Waals surface area contributed by atoms with Gasteiger partial charge in [-0.2, -0.15) is 0 Å². The number of rotatable bonds is 2. The van der Waals surface area contributed by atoms with Gasteiger partial charge in [0.1, 0.15) is 0 Å². The predicted octanol–water partition coefficient (Wildman–Crippen LogP) is 3.43. The van der Waals surface area contributed by atoms with Crippen LogP contribution in [0.3, 0.4) is 0 Å². The minimum atomic E-state index is 0.645. The monoisotopic (exact) mass is 200 g/mol. The average molecular weight is 200 g/mol. The van der Waals surface area contributed by atoms with Crippen LogP contribution in [-0.4, -0.2) is 0 Å². The fourth-order valence-electron chi connectivity index (χ4n) is 1.37. The molecule has 2 heteroatoms. The first-order chi connectivity index (χ1) is 7.35. The number of benzene rings is 1. The van der Waals surface area contributed by atoms with Gasteiger partial charge in [0, 0.05) is 0 Å². The van der Waals surface area contributed by atoms with Crippen LogP contribution in [0, 0.1) is 0 Å². The zero-order valence-electron chi connectivity index (χ0n) is 8.57.